The minimum atomic E-state index is -0.599. The summed E-state index contributed by atoms with van der Waals surface area (Å²) in [5, 5.41) is 1.28. The lowest BCUT2D eigenvalue weighted by atomic mass is 11.0. The predicted octanol–water partition coefficient (Wildman–Crippen LogP) is 0.346. The molecule has 0 aromatic carbocycles. The zero-order valence-electron chi connectivity index (χ0n) is 5.10. The van der Waals surface area contributed by atoms with Crippen molar-refractivity contribution in [3.8, 4) is 0 Å². The van der Waals surface area contributed by atoms with Gasteiger partial charge in [-0.25, -0.2) is 0 Å². The zero-order valence-corrected chi connectivity index (χ0v) is 9.07. The van der Waals surface area contributed by atoms with E-state index in [4.69, 9.17) is 3.48 Å². The Morgan fingerprint density at radius 1 is 1.71 bits per heavy atom. The van der Waals surface area contributed by atoms with Crippen LogP contribution in [0.25, 0.3) is 0 Å². The smallest absolute Gasteiger partial charge is 0.445 e. The van der Waals surface area contributed by atoms with Gasteiger partial charge in [0.2, 0.25) is 0 Å². The van der Waals surface area contributed by atoms with Crippen LogP contribution in [0.15, 0.2) is 0 Å². The van der Waals surface area contributed by atoms with Gasteiger partial charge < -0.3 is 3.48 Å². The zero-order chi connectivity index (χ0) is 4.99. The molecule has 0 saturated heterocycles. The Hall–Kier alpha value is 0.999. The van der Waals surface area contributed by atoms with Crippen LogP contribution < -0.4 is 0 Å². The summed E-state index contributed by atoms with van der Waals surface area (Å²) >= 11 is -0.599. The average Bonchev–Trinajstić information content (AvgIpc) is 1.65. The second-order valence-electron chi connectivity index (χ2n) is 1.45. The fourth-order valence-electron chi connectivity index (χ4n) is 0.167. The minimum Gasteiger partial charge on any atom is -0.552 e. The molecule has 0 fully saturated rings. The van der Waals surface area contributed by atoms with E-state index in [0.29, 0.717) is 0 Å². The van der Waals surface area contributed by atoms with Gasteiger partial charge in [-0.1, -0.05) is 18.0 Å². The Morgan fingerprint density at radius 3 is 2.14 bits per heavy atom. The lowest BCUT2D eigenvalue weighted by Gasteiger charge is -1.94. The Morgan fingerprint density at radius 2 is 2.14 bits per heavy atom. The molecule has 1 nitrogen and oxygen atoms in total. The Balaban J connectivity index is 0. The van der Waals surface area contributed by atoms with Crippen molar-refractivity contribution < 1.29 is 3.48 Å². The van der Waals surface area contributed by atoms with Crippen molar-refractivity contribution in [2.45, 2.75) is 18.0 Å². The van der Waals surface area contributed by atoms with Crippen LogP contribution in [0.3, 0.4) is 0 Å². The van der Waals surface area contributed by atoms with Gasteiger partial charge in [0.15, 0.2) is 0 Å². The van der Waals surface area contributed by atoms with E-state index in [1.54, 1.807) is 0 Å². The molecule has 0 radical (unpaired) electrons. The van der Waals surface area contributed by atoms with Crippen molar-refractivity contribution in [3.05, 3.63) is 0 Å². The van der Waals surface area contributed by atoms with E-state index in [2.05, 4.69) is 12.7 Å². The number of rotatable bonds is 2. The molecule has 0 unspecified atom stereocenters. The fourth-order valence-corrected chi connectivity index (χ4v) is 1.50. The summed E-state index contributed by atoms with van der Waals surface area (Å²) in [6.07, 6.45) is 0. The molecule has 4 heteroatoms. The van der Waals surface area contributed by atoms with Crippen LogP contribution in [0.2, 0.25) is 11.1 Å². The van der Waals surface area contributed by atoms with Gasteiger partial charge in [-0.3, -0.25) is 0 Å². The highest BCUT2D eigenvalue weighted by Crippen LogP contribution is 1.86. The molecule has 0 aromatic heterocycles. The third-order valence-electron chi connectivity index (χ3n) is 0.977. The second kappa shape index (κ2) is 7.00. The summed E-state index contributed by atoms with van der Waals surface area (Å²) in [7, 11) is 0.944. The first-order valence-electron chi connectivity index (χ1n) is 2.34. The van der Waals surface area contributed by atoms with E-state index >= 15 is 0 Å². The van der Waals surface area contributed by atoms with Gasteiger partial charge >= 0.3 is 14.5 Å². The largest absolute Gasteiger partial charge is 0.552 e. The van der Waals surface area contributed by atoms with Crippen molar-refractivity contribution in [1.82, 2.24) is 0 Å². The Labute approximate surface area is 59.1 Å². The molecule has 0 aliphatic heterocycles. The molecule has 44 valence electrons. The SMILES string of the molecule is C[CH2][Al]([CH3])[O][SiH3].Cl. The number of hydrogen-bond donors (Lipinski definition) is 0. The monoisotopic (exact) mass is 154 g/mol. The highest BCUT2D eigenvalue weighted by molar-refractivity contribution is 6.53. The molecule has 0 rings (SSSR count). The minimum absolute atomic E-state index is 0. The molecule has 0 aliphatic carbocycles. The topological polar surface area (TPSA) is 9.23 Å². The first kappa shape index (κ1) is 10.9. The molecule has 0 spiro atoms. The van der Waals surface area contributed by atoms with Crippen molar-refractivity contribution in [2.75, 3.05) is 0 Å². The fraction of sp³-hybridized carbons (Fsp3) is 1.00. The molecular weight excluding hydrogens is 143 g/mol. The molecule has 0 aliphatic rings. The molecule has 0 atom stereocenters. The summed E-state index contributed by atoms with van der Waals surface area (Å²) in [5.74, 6) is 2.23. The lowest BCUT2D eigenvalue weighted by molar-refractivity contribution is 0.638. The van der Waals surface area contributed by atoms with Gasteiger partial charge in [-0.15, -0.1) is 12.4 Å². The Bertz CT molecular complexity index is 34.1. The van der Waals surface area contributed by atoms with Crippen molar-refractivity contribution in [1.29, 1.82) is 0 Å². The van der Waals surface area contributed by atoms with Crippen LogP contribution >= 0.6 is 12.4 Å². The van der Waals surface area contributed by atoms with Crippen molar-refractivity contribution >= 4 is 37.4 Å². The third-order valence-corrected chi connectivity index (χ3v) is 5.35. The summed E-state index contributed by atoms with van der Waals surface area (Å²) in [6.45, 7) is 2.19. The molecule has 0 bridgehead atoms. The molecule has 0 heterocycles. The van der Waals surface area contributed by atoms with Crippen LogP contribution in [-0.4, -0.2) is 25.0 Å². The highest BCUT2D eigenvalue weighted by atomic mass is 35.5. The van der Waals surface area contributed by atoms with Gasteiger partial charge in [0.1, 0.15) is 10.5 Å². The maximum absolute atomic E-state index is 5.18. The normalized spacial score (nSPS) is 7.71. The van der Waals surface area contributed by atoms with Crippen LogP contribution in [0.1, 0.15) is 6.92 Å². The number of hydrogen-bond acceptors (Lipinski definition) is 1. The highest BCUT2D eigenvalue weighted by Gasteiger charge is 2.03. The van der Waals surface area contributed by atoms with E-state index in [9.17, 15) is 0 Å². The first-order chi connectivity index (χ1) is 2.81. The van der Waals surface area contributed by atoms with E-state index in [1.807, 2.05) is 0 Å². The molecular formula is C3H12AlClOSi. The van der Waals surface area contributed by atoms with Crippen LogP contribution in [-0.2, 0) is 3.48 Å². The lowest BCUT2D eigenvalue weighted by Crippen LogP contribution is -2.07. The van der Waals surface area contributed by atoms with Crippen molar-refractivity contribution in [3.63, 3.8) is 0 Å². The molecule has 0 N–H and O–H groups in total. The summed E-state index contributed by atoms with van der Waals surface area (Å²) in [6, 6.07) is 0. The van der Waals surface area contributed by atoms with Gasteiger partial charge in [0.25, 0.3) is 0 Å². The predicted molar refractivity (Wildman–Crippen MR) is 40.4 cm³/mol. The maximum atomic E-state index is 5.18. The first-order valence-corrected chi connectivity index (χ1v) is 5.60. The molecule has 7 heavy (non-hydrogen) atoms. The van der Waals surface area contributed by atoms with Gasteiger partial charge in [-0.2, -0.15) is 0 Å². The quantitative estimate of drug-likeness (QED) is 0.522. The average molecular weight is 155 g/mol. The number of halogens is 1. The van der Waals surface area contributed by atoms with E-state index in [-0.39, 0.29) is 12.4 Å². The van der Waals surface area contributed by atoms with E-state index < -0.39 is 14.5 Å². The Kier molecular flexibility index (Phi) is 10.9. The van der Waals surface area contributed by atoms with E-state index in [1.165, 1.54) is 5.28 Å². The van der Waals surface area contributed by atoms with Gasteiger partial charge in [0, 0.05) is 0 Å². The maximum Gasteiger partial charge on any atom is 0.445 e. The van der Waals surface area contributed by atoms with Crippen LogP contribution in [0.5, 0.6) is 0 Å². The second-order valence-corrected chi connectivity index (χ2v) is 5.78. The molecule has 0 saturated carbocycles. The molecule has 0 amide bonds. The third kappa shape index (κ3) is 7.00. The van der Waals surface area contributed by atoms with Crippen LogP contribution in [0.4, 0.5) is 0 Å². The van der Waals surface area contributed by atoms with Gasteiger partial charge in [-0.05, 0) is 0 Å². The standard InChI is InChI=1S/C2H5.CH3.Al.ClH.H3OSi/c1-2;;;;1-2/h1H2,2H3;1H3;;1H;2H3/q;;+1;;-1. The van der Waals surface area contributed by atoms with Gasteiger partial charge in [0.05, 0.1) is 0 Å². The van der Waals surface area contributed by atoms with Crippen LogP contribution in [0, 0.1) is 0 Å². The summed E-state index contributed by atoms with van der Waals surface area (Å²) in [4.78, 5) is 0. The summed E-state index contributed by atoms with van der Waals surface area (Å²) in [5.41, 5.74) is 0. The molecule has 0 aromatic rings. The van der Waals surface area contributed by atoms with E-state index in [0.717, 1.165) is 10.5 Å². The van der Waals surface area contributed by atoms with Crippen molar-refractivity contribution in [2.24, 2.45) is 0 Å². The summed E-state index contributed by atoms with van der Waals surface area (Å²) < 4.78 is 5.18.